The smallest absolute Gasteiger partial charge is 0.383 e. The van der Waals surface area contributed by atoms with Gasteiger partial charge in [-0.3, -0.25) is 0 Å². The van der Waals surface area contributed by atoms with Crippen LogP contribution in [0.15, 0.2) is 36.4 Å². The Morgan fingerprint density at radius 2 is 1.81 bits per heavy atom. The maximum absolute atomic E-state index is 12.5. The van der Waals surface area contributed by atoms with Gasteiger partial charge < -0.3 is 15.4 Å². The molecule has 0 aliphatic carbocycles. The predicted octanol–water partition coefficient (Wildman–Crippen LogP) is 5.08. The fourth-order valence-electron chi connectivity index (χ4n) is 3.62. The summed E-state index contributed by atoms with van der Waals surface area (Å²) < 4.78 is 41.5. The van der Waals surface area contributed by atoms with E-state index in [1.54, 1.807) is 4.90 Å². The molecule has 0 unspecified atom stereocenters. The van der Waals surface area contributed by atoms with Crippen LogP contribution in [0.1, 0.15) is 40.2 Å². The lowest BCUT2D eigenvalue weighted by atomic mass is 9.88. The average Bonchev–Trinajstić information content (AvgIpc) is 2.75. The Labute approximate surface area is 186 Å². The monoisotopic (exact) mass is 474 g/mol. The molecule has 0 amide bonds. The number of nitrogens with two attached hydrogens (primary N) is 1. The summed E-state index contributed by atoms with van der Waals surface area (Å²) in [6, 6.07) is 10.4. The minimum Gasteiger partial charge on any atom is -0.383 e. The standard InChI is InChI=1S/C21H19Cl2F3N2O3/c22-16-5-4-15(19(29)31-20(30)21(24,25)26)18(17(16)23)28-8-6-13(7-9-28)14-3-1-2-12(10-14)11-27/h1-5,10,13H,6-9,11,27H2. The zero-order valence-corrected chi connectivity index (χ0v) is 17.7. The quantitative estimate of drug-likeness (QED) is 0.493. The summed E-state index contributed by atoms with van der Waals surface area (Å²) in [6.07, 6.45) is -3.86. The SMILES string of the molecule is NCc1cccc(C2CCN(c3c(C(=O)OC(=O)C(F)(F)F)ccc(Cl)c3Cl)CC2)c1. The molecule has 1 saturated heterocycles. The van der Waals surface area contributed by atoms with E-state index in [4.69, 9.17) is 28.9 Å². The van der Waals surface area contributed by atoms with Crippen LogP contribution in [-0.4, -0.2) is 31.2 Å². The van der Waals surface area contributed by atoms with Crippen molar-refractivity contribution in [3.05, 3.63) is 63.1 Å². The summed E-state index contributed by atoms with van der Waals surface area (Å²) >= 11 is 12.4. The topological polar surface area (TPSA) is 72.6 Å². The van der Waals surface area contributed by atoms with E-state index >= 15 is 0 Å². The second-order valence-corrected chi connectivity index (χ2v) is 7.93. The van der Waals surface area contributed by atoms with E-state index in [0.717, 1.165) is 11.1 Å². The van der Waals surface area contributed by atoms with Crippen LogP contribution in [0.25, 0.3) is 0 Å². The number of carbonyl (C=O) groups excluding carboxylic acids is 2. The molecule has 31 heavy (non-hydrogen) atoms. The summed E-state index contributed by atoms with van der Waals surface area (Å²) in [4.78, 5) is 25.2. The molecule has 0 atom stereocenters. The third-order valence-corrected chi connectivity index (χ3v) is 5.97. The van der Waals surface area contributed by atoms with Crippen LogP contribution in [0.3, 0.4) is 0 Å². The highest BCUT2D eigenvalue weighted by Crippen LogP contribution is 2.40. The maximum Gasteiger partial charge on any atom is 0.491 e. The Hall–Kier alpha value is -2.29. The van der Waals surface area contributed by atoms with Gasteiger partial charge in [0, 0.05) is 19.6 Å². The van der Waals surface area contributed by atoms with Crippen molar-refractivity contribution in [2.24, 2.45) is 5.73 Å². The first-order valence-corrected chi connectivity index (χ1v) is 10.2. The molecule has 0 aromatic heterocycles. The molecule has 166 valence electrons. The zero-order chi connectivity index (χ0) is 22.8. The van der Waals surface area contributed by atoms with E-state index in [9.17, 15) is 22.8 Å². The molecular weight excluding hydrogens is 456 g/mol. The van der Waals surface area contributed by atoms with Crippen LogP contribution in [0.4, 0.5) is 18.9 Å². The number of hydrogen-bond donors (Lipinski definition) is 1. The van der Waals surface area contributed by atoms with Gasteiger partial charge in [0.2, 0.25) is 0 Å². The van der Waals surface area contributed by atoms with Crippen LogP contribution in [0.5, 0.6) is 0 Å². The van der Waals surface area contributed by atoms with Crippen molar-refractivity contribution in [2.75, 3.05) is 18.0 Å². The molecule has 0 saturated carbocycles. The highest BCUT2D eigenvalue weighted by Gasteiger charge is 2.43. The molecule has 2 aromatic carbocycles. The summed E-state index contributed by atoms with van der Waals surface area (Å²) in [5, 5.41) is 0.146. The number of halogens is 5. The number of anilines is 1. The zero-order valence-electron chi connectivity index (χ0n) is 16.2. The van der Waals surface area contributed by atoms with Crippen molar-refractivity contribution in [2.45, 2.75) is 31.5 Å². The second-order valence-electron chi connectivity index (χ2n) is 7.14. The molecule has 3 rings (SSSR count). The lowest BCUT2D eigenvalue weighted by molar-refractivity contribution is -0.193. The Bertz CT molecular complexity index is 990. The van der Waals surface area contributed by atoms with E-state index in [2.05, 4.69) is 10.8 Å². The highest BCUT2D eigenvalue weighted by atomic mass is 35.5. The second kappa shape index (κ2) is 9.46. The first kappa shape index (κ1) is 23.4. The summed E-state index contributed by atoms with van der Waals surface area (Å²) in [7, 11) is 0. The third-order valence-electron chi connectivity index (χ3n) is 5.18. The molecule has 1 aliphatic heterocycles. The van der Waals surface area contributed by atoms with Crippen LogP contribution in [0, 0.1) is 0 Å². The Morgan fingerprint density at radius 1 is 1.13 bits per heavy atom. The van der Waals surface area contributed by atoms with Crippen LogP contribution in [0.2, 0.25) is 10.0 Å². The van der Waals surface area contributed by atoms with Gasteiger partial charge in [-0.15, -0.1) is 0 Å². The summed E-state index contributed by atoms with van der Waals surface area (Å²) in [5.41, 5.74) is 7.79. The van der Waals surface area contributed by atoms with E-state index < -0.39 is 18.1 Å². The van der Waals surface area contributed by atoms with Gasteiger partial charge in [-0.05, 0) is 42.0 Å². The van der Waals surface area contributed by atoms with Crippen LogP contribution >= 0.6 is 23.2 Å². The molecular formula is C21H19Cl2F3N2O3. The molecule has 2 N–H and O–H groups in total. The fraction of sp³-hybridized carbons (Fsp3) is 0.333. The van der Waals surface area contributed by atoms with Gasteiger partial charge in [0.1, 0.15) is 0 Å². The molecule has 0 spiro atoms. The molecule has 1 aliphatic rings. The van der Waals surface area contributed by atoms with Gasteiger partial charge in [-0.2, -0.15) is 13.2 Å². The van der Waals surface area contributed by atoms with Crippen LogP contribution < -0.4 is 10.6 Å². The van der Waals surface area contributed by atoms with Crippen molar-refractivity contribution in [3.8, 4) is 0 Å². The first-order valence-electron chi connectivity index (χ1n) is 9.47. The molecule has 0 radical (unpaired) electrons. The van der Waals surface area contributed by atoms with Gasteiger partial charge in [0.25, 0.3) is 0 Å². The Kier molecular flexibility index (Phi) is 7.13. The van der Waals surface area contributed by atoms with Gasteiger partial charge in [0.15, 0.2) is 0 Å². The van der Waals surface area contributed by atoms with Crippen molar-refractivity contribution >= 4 is 40.8 Å². The Morgan fingerprint density at radius 3 is 2.42 bits per heavy atom. The predicted molar refractivity (Wildman–Crippen MR) is 111 cm³/mol. The van der Waals surface area contributed by atoms with Gasteiger partial charge >= 0.3 is 18.1 Å². The summed E-state index contributed by atoms with van der Waals surface area (Å²) in [5.74, 6) is -3.77. The van der Waals surface area contributed by atoms with E-state index in [0.29, 0.717) is 32.5 Å². The van der Waals surface area contributed by atoms with Crippen LogP contribution in [-0.2, 0) is 16.1 Å². The van der Waals surface area contributed by atoms with E-state index in [1.165, 1.54) is 12.1 Å². The number of piperidine rings is 1. The minimum absolute atomic E-state index is 0.0131. The number of hydrogen-bond acceptors (Lipinski definition) is 5. The molecule has 1 heterocycles. The fourth-order valence-corrected chi connectivity index (χ4v) is 4.06. The normalized spacial score (nSPS) is 15.1. The highest BCUT2D eigenvalue weighted by molar-refractivity contribution is 6.44. The van der Waals surface area contributed by atoms with Crippen molar-refractivity contribution in [1.82, 2.24) is 0 Å². The van der Waals surface area contributed by atoms with Crippen molar-refractivity contribution < 1.29 is 27.5 Å². The number of carbonyl (C=O) groups is 2. The number of esters is 2. The van der Waals surface area contributed by atoms with Crippen molar-refractivity contribution in [1.29, 1.82) is 0 Å². The Balaban J connectivity index is 1.82. The lowest BCUT2D eigenvalue weighted by Crippen LogP contribution is -2.35. The molecule has 1 fully saturated rings. The number of alkyl halides is 3. The van der Waals surface area contributed by atoms with E-state index in [1.807, 2.05) is 18.2 Å². The lowest BCUT2D eigenvalue weighted by Gasteiger charge is -2.35. The van der Waals surface area contributed by atoms with Gasteiger partial charge in [-0.1, -0.05) is 47.5 Å². The number of rotatable bonds is 4. The number of benzene rings is 2. The molecule has 5 nitrogen and oxygen atoms in total. The maximum atomic E-state index is 12.5. The summed E-state index contributed by atoms with van der Waals surface area (Å²) in [6.45, 7) is 1.39. The molecule has 0 bridgehead atoms. The largest absolute Gasteiger partial charge is 0.491 e. The molecule has 10 heteroatoms. The van der Waals surface area contributed by atoms with Crippen molar-refractivity contribution in [3.63, 3.8) is 0 Å². The first-order chi connectivity index (χ1) is 14.6. The molecule has 2 aromatic rings. The van der Waals surface area contributed by atoms with E-state index in [-0.39, 0.29) is 27.2 Å². The number of ether oxygens (including phenoxy) is 1. The number of nitrogens with zero attached hydrogens (tertiary/aromatic N) is 1. The third kappa shape index (κ3) is 5.31. The van der Waals surface area contributed by atoms with Gasteiger partial charge in [0.05, 0.1) is 21.3 Å². The average molecular weight is 475 g/mol. The van der Waals surface area contributed by atoms with Gasteiger partial charge in [-0.25, -0.2) is 9.59 Å². The minimum atomic E-state index is -5.29.